The van der Waals surface area contributed by atoms with Crippen LogP contribution in [0.3, 0.4) is 0 Å². The molecule has 2 N–H and O–H groups in total. The molecule has 1 aromatic carbocycles. The summed E-state index contributed by atoms with van der Waals surface area (Å²) in [5.74, 6) is 1.29. The third-order valence-corrected chi connectivity index (χ3v) is 4.00. The zero-order chi connectivity index (χ0) is 15.9. The van der Waals surface area contributed by atoms with Crippen LogP contribution in [0.15, 0.2) is 18.2 Å². The van der Waals surface area contributed by atoms with Gasteiger partial charge in [0.1, 0.15) is 18.5 Å². The van der Waals surface area contributed by atoms with Gasteiger partial charge in [-0.3, -0.25) is 0 Å². The van der Waals surface area contributed by atoms with E-state index >= 15 is 0 Å². The van der Waals surface area contributed by atoms with Crippen LogP contribution in [0.1, 0.15) is 43.7 Å². The van der Waals surface area contributed by atoms with Crippen molar-refractivity contribution in [2.45, 2.75) is 51.7 Å². The summed E-state index contributed by atoms with van der Waals surface area (Å²) >= 11 is 0. The van der Waals surface area contributed by atoms with Crippen molar-refractivity contribution in [2.24, 2.45) is 0 Å². The van der Waals surface area contributed by atoms with Crippen LogP contribution in [0.5, 0.6) is 5.75 Å². The van der Waals surface area contributed by atoms with Crippen molar-refractivity contribution in [3.8, 4) is 5.75 Å². The normalized spacial score (nSPS) is 19.6. The summed E-state index contributed by atoms with van der Waals surface area (Å²) in [5.41, 5.74) is 2.36. The van der Waals surface area contributed by atoms with E-state index in [-0.39, 0.29) is 0 Å². The van der Waals surface area contributed by atoms with Crippen LogP contribution in [0.2, 0.25) is 0 Å². The van der Waals surface area contributed by atoms with Crippen molar-refractivity contribution in [1.82, 2.24) is 5.32 Å². The molecule has 22 heavy (non-hydrogen) atoms. The number of hydrogen-bond acceptors (Lipinski definition) is 4. The minimum absolute atomic E-state index is 0.303. The first-order chi connectivity index (χ1) is 10.6. The second-order valence-corrected chi connectivity index (χ2v) is 6.45. The van der Waals surface area contributed by atoms with Crippen LogP contribution >= 0.6 is 0 Å². The zero-order valence-corrected chi connectivity index (χ0v) is 14.0. The lowest BCUT2D eigenvalue weighted by Gasteiger charge is -2.18. The number of aliphatic hydroxyl groups excluding tert-OH is 1. The summed E-state index contributed by atoms with van der Waals surface area (Å²) in [5, 5.41) is 13.3. The zero-order valence-electron chi connectivity index (χ0n) is 14.0. The molecule has 1 aromatic rings. The molecule has 4 heteroatoms. The SMILES string of the molecule is Cc1ccc(C(C)C)c(OC[C@H](O)CNC[C@@H]2CCCO2)c1. The number of aryl methyl sites for hydroxylation is 1. The first-order valence-electron chi connectivity index (χ1n) is 8.30. The lowest BCUT2D eigenvalue weighted by Crippen LogP contribution is -2.35. The first kappa shape index (κ1) is 17.3. The molecule has 0 spiro atoms. The van der Waals surface area contributed by atoms with Gasteiger partial charge in [-0.25, -0.2) is 0 Å². The highest BCUT2D eigenvalue weighted by Crippen LogP contribution is 2.27. The van der Waals surface area contributed by atoms with Crippen LogP contribution < -0.4 is 10.1 Å². The van der Waals surface area contributed by atoms with Gasteiger partial charge in [-0.1, -0.05) is 26.0 Å². The largest absolute Gasteiger partial charge is 0.491 e. The summed E-state index contributed by atoms with van der Waals surface area (Å²) in [4.78, 5) is 0. The Kier molecular flexibility index (Phi) is 6.68. The standard InChI is InChI=1S/C18H29NO3/c1-13(2)17-7-6-14(3)9-18(17)22-12-15(20)10-19-11-16-5-4-8-21-16/h6-7,9,13,15-16,19-20H,4-5,8,10-12H2,1-3H3/t15-,16+/m1/s1. The fourth-order valence-electron chi connectivity index (χ4n) is 2.70. The van der Waals surface area contributed by atoms with E-state index in [0.717, 1.165) is 31.7 Å². The van der Waals surface area contributed by atoms with Crippen molar-refractivity contribution >= 4 is 0 Å². The van der Waals surface area contributed by atoms with Gasteiger partial charge < -0.3 is 19.9 Å². The molecule has 124 valence electrons. The summed E-state index contributed by atoms with van der Waals surface area (Å²) in [6, 6.07) is 6.25. The monoisotopic (exact) mass is 307 g/mol. The third kappa shape index (κ3) is 5.27. The summed E-state index contributed by atoms with van der Waals surface area (Å²) < 4.78 is 11.4. The van der Waals surface area contributed by atoms with Gasteiger partial charge in [0, 0.05) is 19.7 Å². The van der Waals surface area contributed by atoms with E-state index in [4.69, 9.17) is 9.47 Å². The quantitative estimate of drug-likeness (QED) is 0.775. The topological polar surface area (TPSA) is 50.7 Å². The highest BCUT2D eigenvalue weighted by Gasteiger charge is 2.16. The number of benzene rings is 1. The van der Waals surface area contributed by atoms with Gasteiger partial charge in [0.05, 0.1) is 6.10 Å². The Bertz CT molecular complexity index is 456. The Hall–Kier alpha value is -1.10. The van der Waals surface area contributed by atoms with Gasteiger partial charge in [-0.15, -0.1) is 0 Å². The highest BCUT2D eigenvalue weighted by molar-refractivity contribution is 5.39. The summed E-state index contributed by atoms with van der Waals surface area (Å²) in [6.45, 7) is 8.86. The Balaban J connectivity index is 1.75. The lowest BCUT2D eigenvalue weighted by atomic mass is 10.0. The Morgan fingerprint density at radius 1 is 1.41 bits per heavy atom. The van der Waals surface area contributed by atoms with Crippen molar-refractivity contribution in [3.63, 3.8) is 0 Å². The molecule has 0 aromatic heterocycles. The van der Waals surface area contributed by atoms with E-state index < -0.39 is 6.10 Å². The number of hydrogen-bond donors (Lipinski definition) is 2. The van der Waals surface area contributed by atoms with E-state index in [1.165, 1.54) is 11.1 Å². The van der Waals surface area contributed by atoms with Crippen molar-refractivity contribution in [2.75, 3.05) is 26.3 Å². The van der Waals surface area contributed by atoms with Gasteiger partial charge in [0.2, 0.25) is 0 Å². The minimum atomic E-state index is -0.512. The maximum Gasteiger partial charge on any atom is 0.123 e. The second kappa shape index (κ2) is 8.51. The van der Waals surface area contributed by atoms with Crippen molar-refractivity contribution in [1.29, 1.82) is 0 Å². The summed E-state index contributed by atoms with van der Waals surface area (Å²) in [7, 11) is 0. The molecule has 0 unspecified atom stereocenters. The Labute approximate surface area is 133 Å². The van der Waals surface area contributed by atoms with Gasteiger partial charge in [-0.05, 0) is 42.9 Å². The molecule has 0 bridgehead atoms. The number of rotatable bonds is 8. The second-order valence-electron chi connectivity index (χ2n) is 6.45. The molecule has 0 radical (unpaired) electrons. The van der Waals surface area contributed by atoms with E-state index in [9.17, 15) is 5.11 Å². The molecule has 1 aliphatic rings. The smallest absolute Gasteiger partial charge is 0.123 e. The highest BCUT2D eigenvalue weighted by atomic mass is 16.5. The number of aliphatic hydroxyl groups is 1. The molecule has 1 heterocycles. The molecular weight excluding hydrogens is 278 g/mol. The predicted octanol–water partition coefficient (Wildman–Crippen LogP) is 2.63. The fraction of sp³-hybridized carbons (Fsp3) is 0.667. The molecule has 1 saturated heterocycles. The van der Waals surface area contributed by atoms with Crippen LogP contribution in [-0.2, 0) is 4.74 Å². The average Bonchev–Trinajstić information content (AvgIpc) is 2.98. The molecule has 2 rings (SSSR count). The molecule has 4 nitrogen and oxygen atoms in total. The van der Waals surface area contributed by atoms with Gasteiger partial charge in [-0.2, -0.15) is 0 Å². The Morgan fingerprint density at radius 3 is 2.91 bits per heavy atom. The molecule has 0 amide bonds. The maximum atomic E-state index is 10.1. The van der Waals surface area contributed by atoms with E-state index in [2.05, 4.69) is 38.2 Å². The third-order valence-electron chi connectivity index (χ3n) is 4.00. The average molecular weight is 307 g/mol. The Morgan fingerprint density at radius 2 is 2.23 bits per heavy atom. The number of nitrogens with one attached hydrogen (secondary N) is 1. The van der Waals surface area contributed by atoms with Gasteiger partial charge >= 0.3 is 0 Å². The van der Waals surface area contributed by atoms with Gasteiger partial charge in [0.15, 0.2) is 0 Å². The lowest BCUT2D eigenvalue weighted by molar-refractivity contribution is 0.0878. The molecule has 0 aliphatic carbocycles. The minimum Gasteiger partial charge on any atom is -0.491 e. The van der Waals surface area contributed by atoms with Gasteiger partial charge in [0.25, 0.3) is 0 Å². The van der Waals surface area contributed by atoms with E-state index in [0.29, 0.717) is 25.2 Å². The van der Waals surface area contributed by atoms with E-state index in [1.54, 1.807) is 0 Å². The molecule has 0 saturated carbocycles. The molecule has 2 atom stereocenters. The van der Waals surface area contributed by atoms with Crippen LogP contribution in [0.25, 0.3) is 0 Å². The number of ether oxygens (including phenoxy) is 2. The van der Waals surface area contributed by atoms with Crippen LogP contribution in [0.4, 0.5) is 0 Å². The predicted molar refractivity (Wildman–Crippen MR) is 88.6 cm³/mol. The van der Waals surface area contributed by atoms with Crippen molar-refractivity contribution in [3.05, 3.63) is 29.3 Å². The first-order valence-corrected chi connectivity index (χ1v) is 8.30. The van der Waals surface area contributed by atoms with E-state index in [1.807, 2.05) is 6.07 Å². The molecule has 1 aliphatic heterocycles. The molecule has 1 fully saturated rings. The van der Waals surface area contributed by atoms with Crippen LogP contribution in [-0.4, -0.2) is 43.6 Å². The van der Waals surface area contributed by atoms with Crippen LogP contribution in [0, 0.1) is 6.92 Å². The fourth-order valence-corrected chi connectivity index (χ4v) is 2.70. The molecular formula is C18H29NO3. The summed E-state index contributed by atoms with van der Waals surface area (Å²) in [6.07, 6.45) is 2.05. The van der Waals surface area contributed by atoms with Crippen molar-refractivity contribution < 1.29 is 14.6 Å². The maximum absolute atomic E-state index is 10.1.